The third-order valence-corrected chi connectivity index (χ3v) is 3.94. The van der Waals surface area contributed by atoms with Crippen LogP contribution in [0.1, 0.15) is 5.82 Å². The van der Waals surface area contributed by atoms with Crippen molar-refractivity contribution in [2.45, 2.75) is 6.54 Å². The van der Waals surface area contributed by atoms with E-state index in [1.807, 2.05) is 0 Å². The van der Waals surface area contributed by atoms with Crippen LogP contribution in [0.25, 0.3) is 21.8 Å². The maximum absolute atomic E-state index is 12.7. The van der Waals surface area contributed by atoms with Crippen molar-refractivity contribution in [3.05, 3.63) is 62.0 Å². The Hall–Kier alpha value is -3.13. The molecule has 120 valence electrons. The standard InChI is InChI=1S/C15H10ClN5O3/c16-7-1-2-8-9(5-7)19-12-11(13(8)22)15(24)21(20-14(12)23)6-10-17-3-4-18-10/h1-5H,6H2,(H,17,18)(H,19,22)(H,20,23). The average Bonchev–Trinajstić information content (AvgIpc) is 3.05. The van der Waals surface area contributed by atoms with E-state index in [2.05, 4.69) is 20.1 Å². The van der Waals surface area contributed by atoms with Crippen molar-refractivity contribution in [1.82, 2.24) is 24.7 Å². The van der Waals surface area contributed by atoms with Crippen molar-refractivity contribution in [3.63, 3.8) is 0 Å². The number of fused-ring (bicyclic) bond motifs is 2. The minimum Gasteiger partial charge on any atom is -0.491 e. The zero-order valence-electron chi connectivity index (χ0n) is 12.1. The number of aromatic amines is 2. The maximum Gasteiger partial charge on any atom is 0.280 e. The summed E-state index contributed by atoms with van der Waals surface area (Å²) in [6.07, 6.45) is 3.14. The number of halogens is 1. The molecule has 1 aromatic carbocycles. The number of aromatic nitrogens is 5. The van der Waals surface area contributed by atoms with Gasteiger partial charge >= 0.3 is 0 Å². The van der Waals surface area contributed by atoms with Crippen LogP contribution in [0.5, 0.6) is 5.88 Å². The molecule has 0 atom stereocenters. The van der Waals surface area contributed by atoms with Crippen molar-refractivity contribution in [1.29, 1.82) is 0 Å². The highest BCUT2D eigenvalue weighted by atomic mass is 35.5. The molecule has 0 fully saturated rings. The number of benzene rings is 1. The van der Waals surface area contributed by atoms with Gasteiger partial charge in [-0.3, -0.25) is 9.59 Å². The van der Waals surface area contributed by atoms with Gasteiger partial charge < -0.3 is 15.1 Å². The Morgan fingerprint density at radius 2 is 2.12 bits per heavy atom. The number of hydrogen-bond acceptors (Lipinski definition) is 5. The van der Waals surface area contributed by atoms with E-state index in [0.717, 1.165) is 4.68 Å². The van der Waals surface area contributed by atoms with Gasteiger partial charge in [0.15, 0.2) is 0 Å². The van der Waals surface area contributed by atoms with Crippen molar-refractivity contribution < 1.29 is 5.11 Å². The predicted octanol–water partition coefficient (Wildman–Crippen LogP) is 1.37. The summed E-state index contributed by atoms with van der Waals surface area (Å²) >= 11 is 5.92. The van der Waals surface area contributed by atoms with Crippen molar-refractivity contribution >= 4 is 33.4 Å². The highest BCUT2D eigenvalue weighted by Crippen LogP contribution is 2.20. The highest BCUT2D eigenvalue weighted by Gasteiger charge is 2.16. The second-order valence-electron chi connectivity index (χ2n) is 5.22. The Morgan fingerprint density at radius 1 is 1.29 bits per heavy atom. The summed E-state index contributed by atoms with van der Waals surface area (Å²) in [5.41, 5.74) is -0.709. The lowest BCUT2D eigenvalue weighted by atomic mass is 10.1. The Morgan fingerprint density at radius 3 is 2.88 bits per heavy atom. The maximum atomic E-state index is 12.7. The SMILES string of the molecule is O=c1c2ccc(Cl)cc2[nH]c2c(O)nn(Cc3ncc[nH]3)c(=O)c12. The monoisotopic (exact) mass is 343 g/mol. The molecule has 0 aliphatic carbocycles. The molecule has 8 nitrogen and oxygen atoms in total. The molecule has 0 bridgehead atoms. The number of H-pyrrole nitrogens is 2. The lowest BCUT2D eigenvalue weighted by Crippen LogP contribution is -2.28. The second kappa shape index (κ2) is 5.20. The smallest absolute Gasteiger partial charge is 0.280 e. The van der Waals surface area contributed by atoms with Crippen LogP contribution in [0.2, 0.25) is 5.02 Å². The summed E-state index contributed by atoms with van der Waals surface area (Å²) in [4.78, 5) is 35.0. The van der Waals surface area contributed by atoms with Crippen molar-refractivity contribution in [3.8, 4) is 5.88 Å². The molecule has 3 aromatic heterocycles. The van der Waals surface area contributed by atoms with Gasteiger partial charge in [0.25, 0.3) is 11.4 Å². The molecule has 3 heterocycles. The number of pyridine rings is 1. The third-order valence-electron chi connectivity index (χ3n) is 3.70. The van der Waals surface area contributed by atoms with E-state index in [9.17, 15) is 14.7 Å². The fourth-order valence-corrected chi connectivity index (χ4v) is 2.78. The summed E-state index contributed by atoms with van der Waals surface area (Å²) in [7, 11) is 0. The number of nitrogens with zero attached hydrogens (tertiary/aromatic N) is 3. The lowest BCUT2D eigenvalue weighted by molar-refractivity contribution is 0.430. The molecule has 0 amide bonds. The normalized spacial score (nSPS) is 11.4. The molecule has 0 spiro atoms. The van der Waals surface area contributed by atoms with Gasteiger partial charge in [0.2, 0.25) is 5.43 Å². The Balaban J connectivity index is 2.07. The molecular formula is C15H10ClN5O3. The molecule has 0 unspecified atom stereocenters. The van der Waals surface area contributed by atoms with E-state index < -0.39 is 16.9 Å². The van der Waals surface area contributed by atoms with Crippen LogP contribution < -0.4 is 11.0 Å². The Bertz CT molecular complexity index is 1190. The fourth-order valence-electron chi connectivity index (χ4n) is 2.61. The van der Waals surface area contributed by atoms with E-state index in [0.29, 0.717) is 21.7 Å². The second-order valence-corrected chi connectivity index (χ2v) is 5.65. The molecule has 0 saturated carbocycles. The molecule has 4 rings (SSSR count). The number of nitrogens with one attached hydrogen (secondary N) is 2. The topological polar surface area (TPSA) is 117 Å². The van der Waals surface area contributed by atoms with E-state index in [-0.39, 0.29) is 17.4 Å². The van der Waals surface area contributed by atoms with Crippen LogP contribution >= 0.6 is 11.6 Å². The van der Waals surface area contributed by atoms with Crippen molar-refractivity contribution in [2.24, 2.45) is 0 Å². The van der Waals surface area contributed by atoms with Gasteiger partial charge in [0, 0.05) is 22.8 Å². The predicted molar refractivity (Wildman–Crippen MR) is 88.5 cm³/mol. The lowest BCUT2D eigenvalue weighted by Gasteiger charge is -2.08. The van der Waals surface area contributed by atoms with Crippen LogP contribution in [0.4, 0.5) is 0 Å². The van der Waals surface area contributed by atoms with Gasteiger partial charge in [-0.05, 0) is 18.2 Å². The molecule has 4 aromatic rings. The summed E-state index contributed by atoms with van der Waals surface area (Å²) in [6, 6.07) is 4.64. The molecule has 0 aliphatic heterocycles. The van der Waals surface area contributed by atoms with Gasteiger partial charge in [0.05, 0.1) is 5.52 Å². The average molecular weight is 344 g/mol. The first kappa shape index (κ1) is 14.5. The summed E-state index contributed by atoms with van der Waals surface area (Å²) in [5, 5.41) is 14.6. The summed E-state index contributed by atoms with van der Waals surface area (Å²) < 4.78 is 0.994. The van der Waals surface area contributed by atoms with Crippen LogP contribution in [0.15, 0.2) is 40.2 Å². The van der Waals surface area contributed by atoms with Gasteiger partial charge in [0.1, 0.15) is 23.3 Å². The van der Waals surface area contributed by atoms with Gasteiger partial charge in [-0.1, -0.05) is 11.6 Å². The van der Waals surface area contributed by atoms with Crippen molar-refractivity contribution in [2.75, 3.05) is 0 Å². The van der Waals surface area contributed by atoms with Crippen LogP contribution in [-0.4, -0.2) is 29.8 Å². The first-order chi connectivity index (χ1) is 11.5. The first-order valence-corrected chi connectivity index (χ1v) is 7.36. The largest absolute Gasteiger partial charge is 0.491 e. The number of rotatable bonds is 2. The molecule has 0 saturated heterocycles. The van der Waals surface area contributed by atoms with Crippen LogP contribution in [-0.2, 0) is 6.54 Å². The quantitative estimate of drug-likeness (QED) is 0.475. The van der Waals surface area contributed by atoms with Crippen LogP contribution in [0.3, 0.4) is 0 Å². The number of imidazole rings is 1. The molecular weight excluding hydrogens is 334 g/mol. The zero-order chi connectivity index (χ0) is 16.8. The molecule has 0 aliphatic rings. The molecule has 3 N–H and O–H groups in total. The first-order valence-electron chi connectivity index (χ1n) is 6.98. The third kappa shape index (κ3) is 2.16. The number of hydrogen-bond donors (Lipinski definition) is 3. The summed E-state index contributed by atoms with van der Waals surface area (Å²) in [6.45, 7) is 0.00737. The molecule has 24 heavy (non-hydrogen) atoms. The molecule has 9 heteroatoms. The molecule has 0 radical (unpaired) electrons. The van der Waals surface area contributed by atoms with Gasteiger partial charge in [-0.15, -0.1) is 5.10 Å². The van der Waals surface area contributed by atoms with Gasteiger partial charge in [-0.25, -0.2) is 9.67 Å². The highest BCUT2D eigenvalue weighted by molar-refractivity contribution is 6.31. The summed E-state index contributed by atoms with van der Waals surface area (Å²) in [5.74, 6) is 0.0301. The fraction of sp³-hybridized carbons (Fsp3) is 0.0667. The van der Waals surface area contributed by atoms with E-state index >= 15 is 0 Å². The van der Waals surface area contributed by atoms with Gasteiger partial charge in [-0.2, -0.15) is 0 Å². The van der Waals surface area contributed by atoms with E-state index in [1.54, 1.807) is 18.3 Å². The number of aromatic hydroxyl groups is 1. The Labute approximate surface area is 138 Å². The van der Waals surface area contributed by atoms with Crippen LogP contribution in [0, 0.1) is 0 Å². The minimum atomic E-state index is -0.614. The zero-order valence-corrected chi connectivity index (χ0v) is 12.8. The van der Waals surface area contributed by atoms with E-state index in [1.165, 1.54) is 12.3 Å². The Kier molecular flexibility index (Phi) is 3.14. The van der Waals surface area contributed by atoms with E-state index in [4.69, 9.17) is 11.6 Å². The minimum absolute atomic E-state index is 0.00737.